The van der Waals surface area contributed by atoms with Crippen molar-refractivity contribution in [1.29, 1.82) is 0 Å². The van der Waals surface area contributed by atoms with E-state index in [4.69, 9.17) is 0 Å². The molecule has 0 amide bonds. The Morgan fingerprint density at radius 3 is 2.50 bits per heavy atom. The van der Waals surface area contributed by atoms with Gasteiger partial charge in [-0.1, -0.05) is 13.3 Å². The van der Waals surface area contributed by atoms with E-state index in [9.17, 15) is 18.0 Å². The molecule has 0 aromatic carbocycles. The topological polar surface area (TPSA) is 38.3 Å². The minimum absolute atomic E-state index is 0.234. The molecule has 0 spiro atoms. The van der Waals surface area contributed by atoms with Crippen molar-refractivity contribution < 1.29 is 22.8 Å². The molecular formula is C6H10F3NO2. The molecular weight excluding hydrogens is 175 g/mol. The summed E-state index contributed by atoms with van der Waals surface area (Å²) < 4.78 is 34.3. The summed E-state index contributed by atoms with van der Waals surface area (Å²) >= 11 is 0. The Labute approximate surface area is 67.8 Å². The maximum absolute atomic E-state index is 11.4. The number of nitrogens with one attached hydrogen (secondary N) is 1. The van der Waals surface area contributed by atoms with E-state index in [0.717, 1.165) is 6.42 Å². The fourth-order valence-corrected chi connectivity index (χ4v) is 0.423. The summed E-state index contributed by atoms with van der Waals surface area (Å²) in [5.41, 5.74) is 1.92. The molecule has 12 heavy (non-hydrogen) atoms. The molecule has 1 N–H and O–H groups in total. The van der Waals surface area contributed by atoms with Gasteiger partial charge < -0.3 is 4.84 Å². The van der Waals surface area contributed by atoms with Crippen LogP contribution in [0.2, 0.25) is 0 Å². The highest BCUT2D eigenvalue weighted by molar-refractivity contribution is 5.75. The number of hydrogen-bond acceptors (Lipinski definition) is 3. The second kappa shape index (κ2) is 4.97. The molecule has 0 aliphatic carbocycles. The third kappa shape index (κ3) is 4.95. The van der Waals surface area contributed by atoms with Crippen LogP contribution in [-0.4, -0.2) is 18.7 Å². The zero-order valence-electron chi connectivity index (χ0n) is 6.57. The van der Waals surface area contributed by atoms with Crippen molar-refractivity contribution in [2.75, 3.05) is 6.54 Å². The van der Waals surface area contributed by atoms with E-state index < -0.39 is 12.1 Å². The van der Waals surface area contributed by atoms with Crippen LogP contribution in [-0.2, 0) is 9.63 Å². The number of unbranched alkanes of at least 4 members (excludes halogenated alkanes) is 1. The lowest BCUT2D eigenvalue weighted by molar-refractivity contribution is -0.206. The van der Waals surface area contributed by atoms with Crippen LogP contribution in [0.15, 0.2) is 0 Å². The summed E-state index contributed by atoms with van der Waals surface area (Å²) in [6.45, 7) is 2.10. The van der Waals surface area contributed by atoms with E-state index >= 15 is 0 Å². The van der Waals surface area contributed by atoms with E-state index in [2.05, 4.69) is 4.84 Å². The Balaban J connectivity index is 3.45. The summed E-state index contributed by atoms with van der Waals surface area (Å²) in [7, 11) is 0. The number of carbonyl (C=O) groups is 1. The van der Waals surface area contributed by atoms with Crippen molar-refractivity contribution in [1.82, 2.24) is 5.48 Å². The molecule has 0 aliphatic rings. The largest absolute Gasteiger partial charge is 0.492 e. The molecule has 0 radical (unpaired) electrons. The van der Waals surface area contributed by atoms with E-state index in [1.165, 1.54) is 0 Å². The lowest BCUT2D eigenvalue weighted by Gasteiger charge is -2.06. The summed E-state index contributed by atoms with van der Waals surface area (Å²) in [4.78, 5) is 13.7. The van der Waals surface area contributed by atoms with Crippen LogP contribution in [0, 0.1) is 0 Å². The first-order valence-electron chi connectivity index (χ1n) is 3.49. The molecule has 0 bridgehead atoms. The van der Waals surface area contributed by atoms with Gasteiger partial charge in [0.15, 0.2) is 0 Å². The van der Waals surface area contributed by atoms with Crippen LogP contribution in [0.3, 0.4) is 0 Å². The zero-order valence-corrected chi connectivity index (χ0v) is 6.57. The molecule has 0 aromatic rings. The van der Waals surface area contributed by atoms with Gasteiger partial charge in [0.2, 0.25) is 0 Å². The number of rotatable bonds is 4. The maximum Gasteiger partial charge on any atom is 0.492 e. The van der Waals surface area contributed by atoms with E-state index in [-0.39, 0.29) is 6.54 Å². The number of hydroxylamine groups is 1. The van der Waals surface area contributed by atoms with Gasteiger partial charge in [-0.2, -0.15) is 18.7 Å². The number of hydrogen-bond donors (Lipinski definition) is 1. The molecule has 0 unspecified atom stereocenters. The third-order valence-corrected chi connectivity index (χ3v) is 1.03. The highest BCUT2D eigenvalue weighted by Gasteiger charge is 2.41. The Kier molecular flexibility index (Phi) is 4.65. The van der Waals surface area contributed by atoms with Gasteiger partial charge in [-0.05, 0) is 6.42 Å². The molecule has 0 aromatic heterocycles. The Morgan fingerprint density at radius 2 is 2.08 bits per heavy atom. The predicted molar refractivity (Wildman–Crippen MR) is 35.1 cm³/mol. The van der Waals surface area contributed by atoms with Gasteiger partial charge in [-0.25, -0.2) is 4.79 Å². The normalized spacial score (nSPS) is 11.3. The van der Waals surface area contributed by atoms with Crippen molar-refractivity contribution in [2.24, 2.45) is 0 Å². The number of halogens is 3. The second-order valence-electron chi connectivity index (χ2n) is 2.14. The minimum Gasteiger partial charge on any atom is -0.364 e. The van der Waals surface area contributed by atoms with Crippen LogP contribution in [0.4, 0.5) is 13.2 Å². The summed E-state index contributed by atoms with van der Waals surface area (Å²) in [6.07, 6.45) is -3.44. The molecule has 0 fully saturated rings. The smallest absolute Gasteiger partial charge is 0.364 e. The van der Waals surface area contributed by atoms with Crippen molar-refractivity contribution in [2.45, 2.75) is 25.9 Å². The molecule has 0 rings (SSSR count). The molecule has 0 aliphatic heterocycles. The van der Waals surface area contributed by atoms with Gasteiger partial charge in [0.1, 0.15) is 0 Å². The van der Waals surface area contributed by atoms with Gasteiger partial charge >= 0.3 is 12.1 Å². The van der Waals surface area contributed by atoms with Crippen molar-refractivity contribution >= 4 is 5.97 Å². The standard InChI is InChI=1S/C6H10F3NO2/c1-2-3-4-10-12-5(11)6(7,8)9/h10H,2-4H2,1H3. The minimum atomic E-state index is -4.92. The average molecular weight is 185 g/mol. The Morgan fingerprint density at radius 1 is 1.50 bits per heavy atom. The van der Waals surface area contributed by atoms with Gasteiger partial charge in [0, 0.05) is 6.54 Å². The first-order valence-corrected chi connectivity index (χ1v) is 3.49. The molecule has 6 heteroatoms. The van der Waals surface area contributed by atoms with Crippen molar-refractivity contribution in [3.63, 3.8) is 0 Å². The third-order valence-electron chi connectivity index (χ3n) is 1.03. The number of alkyl halides is 3. The highest BCUT2D eigenvalue weighted by Crippen LogP contribution is 2.15. The van der Waals surface area contributed by atoms with Crippen molar-refractivity contribution in [3.8, 4) is 0 Å². The number of carbonyl (C=O) groups excluding carboxylic acids is 1. The fourth-order valence-electron chi connectivity index (χ4n) is 0.423. The van der Waals surface area contributed by atoms with Crippen LogP contribution < -0.4 is 5.48 Å². The summed E-state index contributed by atoms with van der Waals surface area (Å²) in [5.74, 6) is -2.21. The lowest BCUT2D eigenvalue weighted by atomic mass is 10.3. The molecule has 0 saturated carbocycles. The van der Waals surface area contributed by atoms with Crippen LogP contribution in [0.1, 0.15) is 19.8 Å². The lowest BCUT2D eigenvalue weighted by Crippen LogP contribution is -2.31. The predicted octanol–water partition coefficient (Wildman–Crippen LogP) is 1.40. The van der Waals surface area contributed by atoms with E-state index in [0.29, 0.717) is 6.42 Å². The van der Waals surface area contributed by atoms with Gasteiger partial charge in [-0.3, -0.25) is 0 Å². The molecule has 0 atom stereocenters. The Bertz CT molecular complexity index is 146. The average Bonchev–Trinajstić information content (AvgIpc) is 1.96. The van der Waals surface area contributed by atoms with Gasteiger partial charge in [0.05, 0.1) is 0 Å². The Hall–Kier alpha value is -0.780. The second-order valence-corrected chi connectivity index (χ2v) is 2.14. The van der Waals surface area contributed by atoms with Crippen LogP contribution >= 0.6 is 0 Å². The van der Waals surface area contributed by atoms with Gasteiger partial charge in [0.25, 0.3) is 0 Å². The monoisotopic (exact) mass is 185 g/mol. The SMILES string of the molecule is CCCCNOC(=O)C(F)(F)F. The quantitative estimate of drug-likeness (QED) is 0.531. The van der Waals surface area contributed by atoms with Crippen LogP contribution in [0.5, 0.6) is 0 Å². The van der Waals surface area contributed by atoms with E-state index in [1.54, 1.807) is 0 Å². The molecule has 0 saturated heterocycles. The highest BCUT2D eigenvalue weighted by atomic mass is 19.4. The molecule has 72 valence electrons. The van der Waals surface area contributed by atoms with E-state index in [1.807, 2.05) is 12.4 Å². The summed E-state index contributed by atoms with van der Waals surface area (Å²) in [6, 6.07) is 0. The first-order chi connectivity index (χ1) is 5.48. The fraction of sp³-hybridized carbons (Fsp3) is 0.833. The van der Waals surface area contributed by atoms with Crippen molar-refractivity contribution in [3.05, 3.63) is 0 Å². The molecule has 0 heterocycles. The zero-order chi connectivity index (χ0) is 9.61. The summed E-state index contributed by atoms with van der Waals surface area (Å²) in [5, 5.41) is 0. The maximum atomic E-state index is 11.4. The van der Waals surface area contributed by atoms with Crippen LogP contribution in [0.25, 0.3) is 0 Å². The molecule has 3 nitrogen and oxygen atoms in total. The first kappa shape index (κ1) is 11.2. The van der Waals surface area contributed by atoms with Gasteiger partial charge in [-0.15, -0.1) is 0 Å².